The quantitative estimate of drug-likeness (QED) is 0.186. The van der Waals surface area contributed by atoms with Crippen LogP contribution in [-0.4, -0.2) is 0 Å². The third-order valence-electron chi connectivity index (χ3n) is 11.8. The number of hydrogen-bond donors (Lipinski definition) is 0. The largest absolute Gasteiger partial charge is 0.456 e. The van der Waals surface area contributed by atoms with E-state index in [4.69, 9.17) is 4.42 Å². The maximum Gasteiger partial charge on any atom is 0.137 e. The van der Waals surface area contributed by atoms with E-state index in [1.54, 1.807) is 0 Å². The van der Waals surface area contributed by atoms with Gasteiger partial charge in [-0.15, -0.1) is 0 Å². The molecule has 2 heteroatoms. The number of benzene rings is 9. The highest BCUT2D eigenvalue weighted by Crippen LogP contribution is 2.64. The Kier molecular flexibility index (Phi) is 5.73. The highest BCUT2D eigenvalue weighted by Gasteiger charge is 2.52. The average Bonchev–Trinajstić information content (AvgIpc) is 3.84. The van der Waals surface area contributed by atoms with Crippen LogP contribution in [0.4, 0.5) is 17.1 Å². The number of para-hydroxylation sites is 2. The zero-order valence-corrected chi connectivity index (χ0v) is 28.8. The molecule has 246 valence electrons. The number of nitrogens with zero attached hydrogens (tertiary/aromatic N) is 1. The molecular formula is C51H31NO. The first-order valence-electron chi connectivity index (χ1n) is 18.3. The first kappa shape index (κ1) is 28.8. The molecule has 0 saturated heterocycles. The van der Waals surface area contributed by atoms with Crippen LogP contribution in [0.25, 0.3) is 65.7 Å². The Labute approximate surface area is 306 Å². The lowest BCUT2D eigenvalue weighted by molar-refractivity contribution is 0.669. The van der Waals surface area contributed by atoms with Crippen molar-refractivity contribution in [3.8, 4) is 22.3 Å². The molecule has 0 fully saturated rings. The second kappa shape index (κ2) is 10.6. The van der Waals surface area contributed by atoms with Gasteiger partial charge in [0.25, 0.3) is 0 Å². The highest BCUT2D eigenvalue weighted by molar-refractivity contribution is 6.08. The van der Waals surface area contributed by atoms with Gasteiger partial charge in [0.1, 0.15) is 11.2 Å². The third kappa shape index (κ3) is 3.82. The normalized spacial score (nSPS) is 13.4. The average molecular weight is 674 g/mol. The molecule has 9 aromatic carbocycles. The third-order valence-corrected chi connectivity index (χ3v) is 11.8. The van der Waals surface area contributed by atoms with E-state index in [1.165, 1.54) is 66.1 Å². The maximum atomic E-state index is 6.38. The molecular weight excluding hydrogens is 643 g/mol. The lowest BCUT2D eigenvalue weighted by Gasteiger charge is -2.31. The second-order valence-corrected chi connectivity index (χ2v) is 14.4. The van der Waals surface area contributed by atoms with Gasteiger partial charge in [0.05, 0.1) is 5.41 Å². The number of hydrogen-bond acceptors (Lipinski definition) is 2. The van der Waals surface area contributed by atoms with Crippen molar-refractivity contribution in [3.05, 3.63) is 210 Å². The number of furan rings is 1. The predicted octanol–water partition coefficient (Wildman–Crippen LogP) is 13.7. The number of anilines is 3. The van der Waals surface area contributed by atoms with E-state index in [2.05, 4.69) is 181 Å². The van der Waals surface area contributed by atoms with Gasteiger partial charge in [-0.05, 0) is 121 Å². The molecule has 1 heterocycles. The molecule has 0 radical (unpaired) electrons. The molecule has 2 aliphatic carbocycles. The van der Waals surface area contributed by atoms with Crippen molar-refractivity contribution < 1.29 is 4.42 Å². The Morgan fingerprint density at radius 1 is 0.340 bits per heavy atom. The molecule has 0 bridgehead atoms. The first-order valence-corrected chi connectivity index (χ1v) is 18.3. The standard InChI is InChI=1S/C51H31NO/c1-2-13-35(14-3-1)52(37-25-27-42-41-18-8-11-21-48(41)53-49(42)31-37)36-24-22-33-29-44-43-26-23-32-12-4-5-15-38(32)50(43)51(47(44)30-34(33)28-36)45-19-9-6-16-39(45)40-17-7-10-20-46(40)51/h1-31H. The molecule has 1 spiro atoms. The van der Waals surface area contributed by atoms with Crippen LogP contribution in [-0.2, 0) is 5.41 Å². The summed E-state index contributed by atoms with van der Waals surface area (Å²) >= 11 is 0. The minimum atomic E-state index is -0.436. The van der Waals surface area contributed by atoms with Crippen LogP contribution in [0.3, 0.4) is 0 Å². The molecule has 2 aliphatic rings. The molecule has 0 atom stereocenters. The molecule has 0 unspecified atom stereocenters. The van der Waals surface area contributed by atoms with Gasteiger partial charge in [-0.1, -0.05) is 127 Å². The zero-order valence-electron chi connectivity index (χ0n) is 28.8. The van der Waals surface area contributed by atoms with Crippen molar-refractivity contribution in [2.45, 2.75) is 5.41 Å². The van der Waals surface area contributed by atoms with Crippen LogP contribution in [0.5, 0.6) is 0 Å². The van der Waals surface area contributed by atoms with Crippen LogP contribution in [0, 0.1) is 0 Å². The minimum absolute atomic E-state index is 0.436. The summed E-state index contributed by atoms with van der Waals surface area (Å²) in [6.45, 7) is 0. The van der Waals surface area contributed by atoms with E-state index < -0.39 is 5.41 Å². The highest BCUT2D eigenvalue weighted by atomic mass is 16.3. The predicted molar refractivity (Wildman–Crippen MR) is 220 cm³/mol. The Hall–Kier alpha value is -6.90. The fraction of sp³-hybridized carbons (Fsp3) is 0.0196. The van der Waals surface area contributed by atoms with E-state index in [1.807, 2.05) is 12.1 Å². The Morgan fingerprint density at radius 3 is 1.81 bits per heavy atom. The van der Waals surface area contributed by atoms with Crippen LogP contribution in [0.1, 0.15) is 22.3 Å². The van der Waals surface area contributed by atoms with Crippen LogP contribution >= 0.6 is 0 Å². The van der Waals surface area contributed by atoms with Crippen molar-refractivity contribution in [2.75, 3.05) is 4.90 Å². The lowest BCUT2D eigenvalue weighted by atomic mass is 9.69. The molecule has 0 saturated carbocycles. The van der Waals surface area contributed by atoms with E-state index in [9.17, 15) is 0 Å². The lowest BCUT2D eigenvalue weighted by Crippen LogP contribution is -2.26. The van der Waals surface area contributed by atoms with Gasteiger partial charge < -0.3 is 9.32 Å². The second-order valence-electron chi connectivity index (χ2n) is 14.4. The van der Waals surface area contributed by atoms with Gasteiger partial charge in [-0.2, -0.15) is 0 Å². The summed E-state index contributed by atoms with van der Waals surface area (Å²) in [7, 11) is 0. The SMILES string of the molecule is c1ccc(N(c2ccc3cc4c(cc3c2)C2(c3ccccc3-c3ccccc32)c2c-4ccc3ccccc23)c2ccc3c(c2)oc2ccccc23)cc1. The van der Waals surface area contributed by atoms with Crippen molar-refractivity contribution in [3.63, 3.8) is 0 Å². The Morgan fingerprint density at radius 2 is 0.981 bits per heavy atom. The fourth-order valence-electron chi connectivity index (χ4n) is 9.66. The van der Waals surface area contributed by atoms with Crippen molar-refractivity contribution in [2.24, 2.45) is 0 Å². The molecule has 0 aliphatic heterocycles. The molecule has 10 aromatic rings. The summed E-state index contributed by atoms with van der Waals surface area (Å²) in [4.78, 5) is 2.34. The van der Waals surface area contributed by atoms with E-state index in [0.717, 1.165) is 39.0 Å². The van der Waals surface area contributed by atoms with Gasteiger partial charge in [-0.25, -0.2) is 0 Å². The topological polar surface area (TPSA) is 16.4 Å². The maximum absolute atomic E-state index is 6.38. The summed E-state index contributed by atoms with van der Waals surface area (Å²) < 4.78 is 6.38. The van der Waals surface area contributed by atoms with Crippen LogP contribution in [0.2, 0.25) is 0 Å². The van der Waals surface area contributed by atoms with Crippen molar-refractivity contribution in [1.82, 2.24) is 0 Å². The van der Waals surface area contributed by atoms with E-state index in [-0.39, 0.29) is 0 Å². The smallest absolute Gasteiger partial charge is 0.137 e. The van der Waals surface area contributed by atoms with Crippen LogP contribution < -0.4 is 4.90 Å². The summed E-state index contributed by atoms with van der Waals surface area (Å²) in [6, 6.07) is 69.1. The van der Waals surface area contributed by atoms with E-state index >= 15 is 0 Å². The minimum Gasteiger partial charge on any atom is -0.456 e. The molecule has 0 amide bonds. The van der Waals surface area contributed by atoms with Gasteiger partial charge >= 0.3 is 0 Å². The fourth-order valence-corrected chi connectivity index (χ4v) is 9.66. The summed E-state index contributed by atoms with van der Waals surface area (Å²) in [5.74, 6) is 0. The number of fused-ring (bicyclic) bond motifs is 16. The summed E-state index contributed by atoms with van der Waals surface area (Å²) in [6.07, 6.45) is 0. The Bertz CT molecular complexity index is 3090. The zero-order chi connectivity index (χ0) is 34.7. The molecule has 53 heavy (non-hydrogen) atoms. The summed E-state index contributed by atoms with van der Waals surface area (Å²) in [5.41, 5.74) is 15.3. The van der Waals surface area contributed by atoms with Crippen LogP contribution in [0.15, 0.2) is 192 Å². The van der Waals surface area contributed by atoms with Crippen molar-refractivity contribution >= 4 is 60.5 Å². The van der Waals surface area contributed by atoms with E-state index in [0.29, 0.717) is 0 Å². The Balaban J connectivity index is 1.12. The summed E-state index contributed by atoms with van der Waals surface area (Å²) in [5, 5.41) is 7.29. The molecule has 0 N–H and O–H groups in total. The molecule has 1 aromatic heterocycles. The monoisotopic (exact) mass is 673 g/mol. The first-order chi connectivity index (χ1) is 26.3. The molecule has 2 nitrogen and oxygen atoms in total. The van der Waals surface area contributed by atoms with Gasteiger partial charge in [0.15, 0.2) is 0 Å². The molecule has 12 rings (SSSR count). The van der Waals surface area contributed by atoms with Gasteiger partial charge in [-0.3, -0.25) is 0 Å². The number of rotatable bonds is 3. The van der Waals surface area contributed by atoms with Crippen molar-refractivity contribution in [1.29, 1.82) is 0 Å². The van der Waals surface area contributed by atoms with Gasteiger partial charge in [0.2, 0.25) is 0 Å². The van der Waals surface area contributed by atoms with Gasteiger partial charge in [0, 0.05) is 33.9 Å².